The normalized spacial score (nSPS) is 16.1. The van der Waals surface area contributed by atoms with E-state index in [1.54, 1.807) is 0 Å². The van der Waals surface area contributed by atoms with Gasteiger partial charge in [0.1, 0.15) is 11.2 Å². The van der Waals surface area contributed by atoms with Crippen LogP contribution in [-0.2, 0) is 20.7 Å². The lowest BCUT2D eigenvalue weighted by molar-refractivity contribution is -0.207. The summed E-state index contributed by atoms with van der Waals surface area (Å²) in [6.07, 6.45) is 1.94. The van der Waals surface area contributed by atoms with Gasteiger partial charge in [0.15, 0.2) is 0 Å². The standard InChI is InChI=1S/C24H34O2/c1-7-15-25-23(5,21-13-9-11-19(3)17-21)24(6,26-16-8-2)22-14-10-12-20(4)18-22/h9-14,17-18H,7-8,15-16H2,1-6H3. The van der Waals surface area contributed by atoms with Crippen molar-refractivity contribution >= 4 is 0 Å². The summed E-state index contributed by atoms with van der Waals surface area (Å²) in [6, 6.07) is 17.2. The second-order valence-electron chi connectivity index (χ2n) is 7.50. The van der Waals surface area contributed by atoms with Gasteiger partial charge in [-0.3, -0.25) is 0 Å². The highest BCUT2D eigenvalue weighted by atomic mass is 16.6. The summed E-state index contributed by atoms with van der Waals surface area (Å²) in [5, 5.41) is 0. The number of ether oxygens (including phenoxy) is 2. The molecule has 0 saturated heterocycles. The predicted octanol–water partition coefficient (Wildman–Crippen LogP) is 6.29. The van der Waals surface area contributed by atoms with Crippen LogP contribution in [0, 0.1) is 13.8 Å². The second-order valence-corrected chi connectivity index (χ2v) is 7.50. The van der Waals surface area contributed by atoms with Gasteiger partial charge in [-0.15, -0.1) is 0 Å². The van der Waals surface area contributed by atoms with Gasteiger partial charge in [0.2, 0.25) is 0 Å². The van der Waals surface area contributed by atoms with Crippen LogP contribution >= 0.6 is 0 Å². The van der Waals surface area contributed by atoms with E-state index >= 15 is 0 Å². The van der Waals surface area contributed by atoms with E-state index in [9.17, 15) is 0 Å². The minimum atomic E-state index is -0.585. The molecule has 142 valence electrons. The summed E-state index contributed by atoms with van der Waals surface area (Å²) >= 11 is 0. The molecule has 2 unspecified atom stereocenters. The van der Waals surface area contributed by atoms with Crippen LogP contribution < -0.4 is 0 Å². The Morgan fingerprint density at radius 3 is 1.38 bits per heavy atom. The molecule has 2 atom stereocenters. The molecular weight excluding hydrogens is 320 g/mol. The van der Waals surface area contributed by atoms with Gasteiger partial charge in [0, 0.05) is 13.2 Å². The van der Waals surface area contributed by atoms with Crippen LogP contribution in [0.5, 0.6) is 0 Å². The predicted molar refractivity (Wildman–Crippen MR) is 110 cm³/mol. The van der Waals surface area contributed by atoms with E-state index in [1.165, 1.54) is 11.1 Å². The van der Waals surface area contributed by atoms with Crippen LogP contribution in [0.2, 0.25) is 0 Å². The molecule has 0 heterocycles. The van der Waals surface area contributed by atoms with Crippen molar-refractivity contribution in [3.05, 3.63) is 70.8 Å². The third-order valence-corrected chi connectivity index (χ3v) is 5.24. The minimum Gasteiger partial charge on any atom is -0.367 e. The number of aryl methyl sites for hydroxylation is 2. The van der Waals surface area contributed by atoms with Crippen molar-refractivity contribution in [2.24, 2.45) is 0 Å². The Morgan fingerprint density at radius 2 is 1.08 bits per heavy atom. The molecule has 2 aromatic carbocycles. The van der Waals surface area contributed by atoms with Gasteiger partial charge in [-0.1, -0.05) is 73.5 Å². The maximum absolute atomic E-state index is 6.55. The van der Waals surface area contributed by atoms with Crippen LogP contribution in [0.15, 0.2) is 48.5 Å². The first-order valence-electron chi connectivity index (χ1n) is 9.79. The highest BCUT2D eigenvalue weighted by Gasteiger charge is 2.49. The Labute approximate surface area is 159 Å². The molecule has 0 aliphatic carbocycles. The lowest BCUT2D eigenvalue weighted by Crippen LogP contribution is -2.49. The van der Waals surface area contributed by atoms with Crippen molar-refractivity contribution in [2.75, 3.05) is 13.2 Å². The summed E-state index contributed by atoms with van der Waals surface area (Å²) in [4.78, 5) is 0. The molecule has 0 amide bonds. The monoisotopic (exact) mass is 354 g/mol. The number of benzene rings is 2. The van der Waals surface area contributed by atoms with E-state index in [2.05, 4.69) is 90.1 Å². The SMILES string of the molecule is CCCOC(C)(c1cccc(C)c1)C(C)(OCCC)c1cccc(C)c1. The Balaban J connectivity index is 2.64. The molecular formula is C24H34O2. The highest BCUT2D eigenvalue weighted by molar-refractivity contribution is 5.36. The van der Waals surface area contributed by atoms with Crippen molar-refractivity contribution < 1.29 is 9.47 Å². The maximum Gasteiger partial charge on any atom is 0.123 e. The Morgan fingerprint density at radius 1 is 0.692 bits per heavy atom. The first kappa shape index (κ1) is 20.7. The van der Waals surface area contributed by atoms with Gasteiger partial charge in [-0.05, 0) is 51.7 Å². The topological polar surface area (TPSA) is 18.5 Å². The van der Waals surface area contributed by atoms with E-state index in [0.717, 1.165) is 24.0 Å². The fourth-order valence-electron chi connectivity index (χ4n) is 3.49. The minimum absolute atomic E-state index is 0.585. The van der Waals surface area contributed by atoms with E-state index < -0.39 is 11.2 Å². The molecule has 2 rings (SSSR count). The molecule has 0 radical (unpaired) electrons. The summed E-state index contributed by atoms with van der Waals surface area (Å²) < 4.78 is 13.1. The molecule has 0 bridgehead atoms. The van der Waals surface area contributed by atoms with Gasteiger partial charge >= 0.3 is 0 Å². The van der Waals surface area contributed by atoms with E-state index in [1.807, 2.05) is 0 Å². The van der Waals surface area contributed by atoms with Crippen LogP contribution in [0.1, 0.15) is 62.8 Å². The Bertz CT molecular complexity index is 647. The Kier molecular flexibility index (Phi) is 7.02. The highest BCUT2D eigenvalue weighted by Crippen LogP contribution is 2.46. The zero-order valence-corrected chi connectivity index (χ0v) is 17.3. The average Bonchev–Trinajstić information content (AvgIpc) is 2.64. The van der Waals surface area contributed by atoms with Gasteiger partial charge in [0.05, 0.1) is 0 Å². The quantitative estimate of drug-likeness (QED) is 0.527. The number of rotatable bonds is 9. The van der Waals surface area contributed by atoms with Crippen molar-refractivity contribution in [1.29, 1.82) is 0 Å². The first-order chi connectivity index (χ1) is 12.4. The van der Waals surface area contributed by atoms with Gasteiger partial charge in [-0.25, -0.2) is 0 Å². The largest absolute Gasteiger partial charge is 0.367 e. The maximum atomic E-state index is 6.55. The zero-order valence-electron chi connectivity index (χ0n) is 17.3. The van der Waals surface area contributed by atoms with Crippen molar-refractivity contribution in [3.63, 3.8) is 0 Å². The summed E-state index contributed by atoms with van der Waals surface area (Å²) in [5.41, 5.74) is 3.61. The second kappa shape index (κ2) is 8.83. The summed E-state index contributed by atoms with van der Waals surface area (Å²) in [7, 11) is 0. The fraction of sp³-hybridized carbons (Fsp3) is 0.500. The average molecular weight is 355 g/mol. The fourth-order valence-corrected chi connectivity index (χ4v) is 3.49. The molecule has 26 heavy (non-hydrogen) atoms. The van der Waals surface area contributed by atoms with Crippen LogP contribution in [0.25, 0.3) is 0 Å². The lowest BCUT2D eigenvalue weighted by Gasteiger charge is -2.47. The molecule has 0 saturated carbocycles. The van der Waals surface area contributed by atoms with Crippen LogP contribution in [-0.4, -0.2) is 13.2 Å². The van der Waals surface area contributed by atoms with Crippen LogP contribution in [0.3, 0.4) is 0 Å². The smallest absolute Gasteiger partial charge is 0.123 e. The van der Waals surface area contributed by atoms with Gasteiger partial charge in [-0.2, -0.15) is 0 Å². The molecule has 0 N–H and O–H groups in total. The van der Waals surface area contributed by atoms with E-state index in [4.69, 9.17) is 9.47 Å². The van der Waals surface area contributed by atoms with Crippen molar-refractivity contribution in [2.45, 2.75) is 65.6 Å². The van der Waals surface area contributed by atoms with E-state index in [-0.39, 0.29) is 0 Å². The molecule has 2 heteroatoms. The van der Waals surface area contributed by atoms with Gasteiger partial charge in [0.25, 0.3) is 0 Å². The third-order valence-electron chi connectivity index (χ3n) is 5.24. The first-order valence-corrected chi connectivity index (χ1v) is 9.79. The van der Waals surface area contributed by atoms with E-state index in [0.29, 0.717) is 13.2 Å². The third kappa shape index (κ3) is 4.19. The summed E-state index contributed by atoms with van der Waals surface area (Å²) in [5.74, 6) is 0. The number of hydrogen-bond donors (Lipinski definition) is 0. The lowest BCUT2D eigenvalue weighted by atomic mass is 9.74. The molecule has 0 fully saturated rings. The van der Waals surface area contributed by atoms with Crippen LogP contribution in [0.4, 0.5) is 0 Å². The van der Waals surface area contributed by atoms with Crippen molar-refractivity contribution in [3.8, 4) is 0 Å². The Hall–Kier alpha value is -1.64. The summed E-state index contributed by atoms with van der Waals surface area (Å²) in [6.45, 7) is 14.3. The van der Waals surface area contributed by atoms with Crippen molar-refractivity contribution in [1.82, 2.24) is 0 Å². The number of hydrogen-bond acceptors (Lipinski definition) is 2. The molecule has 0 aliphatic heterocycles. The molecule has 2 nitrogen and oxygen atoms in total. The molecule has 2 aromatic rings. The molecule has 0 aliphatic rings. The van der Waals surface area contributed by atoms with Gasteiger partial charge < -0.3 is 9.47 Å². The molecule has 0 aromatic heterocycles. The zero-order chi connectivity index (χ0) is 19.2. The molecule has 0 spiro atoms.